The molecule has 1 unspecified atom stereocenters. The monoisotopic (exact) mass is 222 g/mol. The Labute approximate surface area is 96.3 Å². The van der Waals surface area contributed by atoms with Gasteiger partial charge in [0, 0.05) is 6.04 Å². The van der Waals surface area contributed by atoms with Crippen molar-refractivity contribution in [1.29, 1.82) is 0 Å². The lowest BCUT2D eigenvalue weighted by Crippen LogP contribution is -2.36. The van der Waals surface area contributed by atoms with Crippen LogP contribution in [0.15, 0.2) is 36.4 Å². The van der Waals surface area contributed by atoms with Crippen molar-refractivity contribution in [2.45, 2.75) is 32.2 Å². The van der Waals surface area contributed by atoms with Crippen LogP contribution < -0.4 is 11.3 Å². The van der Waals surface area contributed by atoms with E-state index >= 15 is 0 Å². The summed E-state index contributed by atoms with van der Waals surface area (Å²) in [6.45, 7) is 5.87. The maximum atomic E-state index is 12.7. The van der Waals surface area contributed by atoms with Crippen molar-refractivity contribution >= 4 is 0 Å². The number of nitrogens with two attached hydrogens (primary N) is 1. The van der Waals surface area contributed by atoms with Gasteiger partial charge in [-0.1, -0.05) is 17.7 Å². The van der Waals surface area contributed by atoms with Crippen LogP contribution in [0.25, 0.3) is 0 Å². The van der Waals surface area contributed by atoms with Gasteiger partial charge in [-0.15, -0.1) is 6.58 Å². The summed E-state index contributed by atoms with van der Waals surface area (Å²) in [4.78, 5) is 0. The number of allylic oxidation sites excluding steroid dienone is 1. The summed E-state index contributed by atoms with van der Waals surface area (Å²) in [5.41, 5.74) is 5.03. The molecule has 0 saturated carbocycles. The third kappa shape index (κ3) is 4.55. The van der Waals surface area contributed by atoms with E-state index in [0.29, 0.717) is 0 Å². The first kappa shape index (κ1) is 12.9. The topological polar surface area (TPSA) is 38.0 Å². The SMILES string of the molecule is C=C(C)CCC(Cc1ccc(F)cc1)NN. The quantitative estimate of drug-likeness (QED) is 0.441. The van der Waals surface area contributed by atoms with Gasteiger partial charge in [0.15, 0.2) is 0 Å². The molecule has 0 saturated heterocycles. The molecule has 0 aromatic heterocycles. The van der Waals surface area contributed by atoms with Crippen LogP contribution in [0.2, 0.25) is 0 Å². The Bertz CT molecular complexity index is 332. The van der Waals surface area contributed by atoms with Gasteiger partial charge in [-0.2, -0.15) is 0 Å². The van der Waals surface area contributed by atoms with Gasteiger partial charge in [0.25, 0.3) is 0 Å². The summed E-state index contributed by atoms with van der Waals surface area (Å²) in [6, 6.07) is 6.74. The molecule has 2 nitrogen and oxygen atoms in total. The fourth-order valence-electron chi connectivity index (χ4n) is 1.57. The van der Waals surface area contributed by atoms with E-state index in [4.69, 9.17) is 5.84 Å². The Morgan fingerprint density at radius 3 is 2.56 bits per heavy atom. The van der Waals surface area contributed by atoms with E-state index < -0.39 is 0 Å². The van der Waals surface area contributed by atoms with Crippen molar-refractivity contribution < 1.29 is 4.39 Å². The molecular weight excluding hydrogens is 203 g/mol. The number of halogens is 1. The molecule has 0 aliphatic heterocycles. The second-order valence-corrected chi connectivity index (χ2v) is 4.19. The lowest BCUT2D eigenvalue weighted by Gasteiger charge is -2.15. The number of hydrogen-bond acceptors (Lipinski definition) is 2. The number of hydrazine groups is 1. The van der Waals surface area contributed by atoms with Gasteiger partial charge in [0.05, 0.1) is 0 Å². The van der Waals surface area contributed by atoms with Crippen LogP contribution in [0, 0.1) is 5.82 Å². The minimum absolute atomic E-state index is 0.206. The number of nitrogens with one attached hydrogen (secondary N) is 1. The smallest absolute Gasteiger partial charge is 0.123 e. The van der Waals surface area contributed by atoms with Gasteiger partial charge >= 0.3 is 0 Å². The van der Waals surface area contributed by atoms with Gasteiger partial charge < -0.3 is 0 Å². The molecule has 0 amide bonds. The Morgan fingerprint density at radius 2 is 2.06 bits per heavy atom. The predicted molar refractivity (Wildman–Crippen MR) is 65.3 cm³/mol. The Balaban J connectivity index is 2.49. The first-order chi connectivity index (χ1) is 7.61. The highest BCUT2D eigenvalue weighted by Crippen LogP contribution is 2.10. The fraction of sp³-hybridized carbons (Fsp3) is 0.385. The number of rotatable bonds is 6. The summed E-state index contributed by atoms with van der Waals surface area (Å²) < 4.78 is 12.7. The van der Waals surface area contributed by atoms with Crippen molar-refractivity contribution in [2.75, 3.05) is 0 Å². The third-order valence-electron chi connectivity index (χ3n) is 2.55. The molecule has 3 N–H and O–H groups in total. The average Bonchev–Trinajstić information content (AvgIpc) is 2.26. The normalized spacial score (nSPS) is 12.4. The van der Waals surface area contributed by atoms with E-state index in [9.17, 15) is 4.39 Å². The van der Waals surface area contributed by atoms with E-state index in [1.807, 2.05) is 6.92 Å². The largest absolute Gasteiger partial charge is 0.271 e. The van der Waals surface area contributed by atoms with E-state index in [0.717, 1.165) is 30.4 Å². The van der Waals surface area contributed by atoms with Gasteiger partial charge in [-0.05, 0) is 43.9 Å². The Kier molecular flexibility index (Phi) is 5.15. The minimum atomic E-state index is -0.206. The molecule has 0 bridgehead atoms. The number of hydrogen-bond donors (Lipinski definition) is 2. The van der Waals surface area contributed by atoms with Crippen LogP contribution in [0.3, 0.4) is 0 Å². The van der Waals surface area contributed by atoms with Gasteiger partial charge in [-0.3, -0.25) is 11.3 Å². The lowest BCUT2D eigenvalue weighted by molar-refractivity contribution is 0.490. The molecule has 1 aromatic rings. The van der Waals surface area contributed by atoms with Crippen molar-refractivity contribution in [1.82, 2.24) is 5.43 Å². The molecular formula is C13H19FN2. The van der Waals surface area contributed by atoms with Crippen LogP contribution in [0.4, 0.5) is 4.39 Å². The maximum absolute atomic E-state index is 12.7. The highest BCUT2D eigenvalue weighted by Gasteiger charge is 2.07. The summed E-state index contributed by atoms with van der Waals surface area (Å²) >= 11 is 0. The molecule has 0 aliphatic carbocycles. The summed E-state index contributed by atoms with van der Waals surface area (Å²) in [5, 5.41) is 0. The maximum Gasteiger partial charge on any atom is 0.123 e. The van der Waals surface area contributed by atoms with E-state index in [-0.39, 0.29) is 11.9 Å². The zero-order valence-electron chi connectivity index (χ0n) is 9.67. The first-order valence-corrected chi connectivity index (χ1v) is 5.46. The zero-order valence-corrected chi connectivity index (χ0v) is 9.67. The molecule has 0 radical (unpaired) electrons. The van der Waals surface area contributed by atoms with Crippen LogP contribution in [-0.2, 0) is 6.42 Å². The summed E-state index contributed by atoms with van der Waals surface area (Å²) in [7, 11) is 0. The van der Waals surface area contributed by atoms with Crippen molar-refractivity contribution in [3.8, 4) is 0 Å². The second kappa shape index (κ2) is 6.40. The van der Waals surface area contributed by atoms with Gasteiger partial charge in [-0.25, -0.2) is 4.39 Å². The van der Waals surface area contributed by atoms with Crippen molar-refractivity contribution in [3.63, 3.8) is 0 Å². The summed E-state index contributed by atoms with van der Waals surface area (Å²) in [5.74, 6) is 5.28. The molecule has 3 heteroatoms. The van der Waals surface area contributed by atoms with E-state index in [1.165, 1.54) is 12.1 Å². The summed E-state index contributed by atoms with van der Waals surface area (Å²) in [6.07, 6.45) is 2.71. The second-order valence-electron chi connectivity index (χ2n) is 4.19. The van der Waals surface area contributed by atoms with Crippen LogP contribution in [-0.4, -0.2) is 6.04 Å². The molecule has 16 heavy (non-hydrogen) atoms. The van der Waals surface area contributed by atoms with Crippen LogP contribution in [0.1, 0.15) is 25.3 Å². The molecule has 1 rings (SSSR count). The zero-order chi connectivity index (χ0) is 12.0. The molecule has 88 valence electrons. The number of benzene rings is 1. The standard InChI is InChI=1S/C13H19FN2/c1-10(2)3-8-13(16-15)9-11-4-6-12(14)7-5-11/h4-7,13,16H,1,3,8-9,15H2,2H3. The molecule has 0 spiro atoms. The third-order valence-corrected chi connectivity index (χ3v) is 2.55. The molecule has 0 aliphatic rings. The minimum Gasteiger partial charge on any atom is -0.271 e. The Hall–Kier alpha value is -1.19. The highest BCUT2D eigenvalue weighted by atomic mass is 19.1. The van der Waals surface area contributed by atoms with Gasteiger partial charge in [0.1, 0.15) is 5.82 Å². The fourth-order valence-corrected chi connectivity index (χ4v) is 1.57. The van der Waals surface area contributed by atoms with E-state index in [2.05, 4.69) is 12.0 Å². The molecule has 0 heterocycles. The average molecular weight is 222 g/mol. The molecule has 1 aromatic carbocycles. The van der Waals surface area contributed by atoms with Crippen LogP contribution >= 0.6 is 0 Å². The van der Waals surface area contributed by atoms with Crippen molar-refractivity contribution in [2.24, 2.45) is 5.84 Å². The van der Waals surface area contributed by atoms with E-state index in [1.54, 1.807) is 12.1 Å². The van der Waals surface area contributed by atoms with Crippen molar-refractivity contribution in [3.05, 3.63) is 47.8 Å². The molecule has 0 fully saturated rings. The lowest BCUT2D eigenvalue weighted by atomic mass is 10.0. The Morgan fingerprint density at radius 1 is 1.44 bits per heavy atom. The van der Waals surface area contributed by atoms with Crippen LogP contribution in [0.5, 0.6) is 0 Å². The van der Waals surface area contributed by atoms with Gasteiger partial charge in [0.2, 0.25) is 0 Å². The first-order valence-electron chi connectivity index (χ1n) is 5.46. The highest BCUT2D eigenvalue weighted by molar-refractivity contribution is 5.17. The molecule has 1 atom stereocenters. The predicted octanol–water partition coefficient (Wildman–Crippen LogP) is 2.56.